The quantitative estimate of drug-likeness (QED) is 0.821. The molecule has 1 aliphatic rings. The molecule has 1 aliphatic heterocycles. The van der Waals surface area contributed by atoms with Gasteiger partial charge in [-0.25, -0.2) is 4.68 Å². The van der Waals surface area contributed by atoms with Gasteiger partial charge in [0.2, 0.25) is 11.9 Å². The summed E-state index contributed by atoms with van der Waals surface area (Å²) in [6, 6.07) is 5.10. The summed E-state index contributed by atoms with van der Waals surface area (Å²) in [6.45, 7) is 1.94. The molecule has 2 aromatic rings. The number of rotatable bonds is 4. The van der Waals surface area contributed by atoms with Crippen LogP contribution in [0.1, 0.15) is 30.1 Å². The van der Waals surface area contributed by atoms with Crippen molar-refractivity contribution in [2.45, 2.75) is 25.2 Å². The third-order valence-electron chi connectivity index (χ3n) is 4.10. The fourth-order valence-electron chi connectivity index (χ4n) is 2.77. The van der Waals surface area contributed by atoms with Crippen LogP contribution in [0, 0.1) is 0 Å². The van der Waals surface area contributed by atoms with E-state index in [1.165, 1.54) is 0 Å². The van der Waals surface area contributed by atoms with Gasteiger partial charge in [-0.15, -0.1) is 12.4 Å². The number of anilines is 1. The Hall–Kier alpha value is -1.34. The van der Waals surface area contributed by atoms with Crippen molar-refractivity contribution < 1.29 is 4.79 Å². The molecule has 9 heteroatoms. The molecule has 0 bridgehead atoms. The minimum absolute atomic E-state index is 0. The minimum atomic E-state index is -0.188. The average molecular weight is 405 g/mol. The number of carbonyl (C=O) groups is 1. The summed E-state index contributed by atoms with van der Waals surface area (Å²) in [5.41, 5.74) is 0.722. The smallest absolute Gasteiger partial charge is 0.231 e. The highest BCUT2D eigenvalue weighted by atomic mass is 35.5. The predicted molar refractivity (Wildman–Crippen MR) is 102 cm³/mol. The second-order valence-corrected chi connectivity index (χ2v) is 6.75. The molecule has 1 saturated heterocycles. The lowest BCUT2D eigenvalue weighted by molar-refractivity contribution is -0.115. The number of nitrogens with one attached hydrogen (secondary N) is 2. The molecule has 2 N–H and O–H groups in total. The number of benzene rings is 1. The molecule has 1 aromatic heterocycles. The number of aryl methyl sites for hydroxylation is 1. The van der Waals surface area contributed by atoms with E-state index in [-0.39, 0.29) is 24.7 Å². The number of nitrogens with zero attached hydrogens (tertiary/aromatic N) is 3. The van der Waals surface area contributed by atoms with Crippen LogP contribution in [0.5, 0.6) is 0 Å². The number of carbonyl (C=O) groups excluding carboxylic acids is 1. The molecule has 3 rings (SSSR count). The predicted octanol–water partition coefficient (Wildman–Crippen LogP) is 3.19. The van der Waals surface area contributed by atoms with Crippen molar-refractivity contribution in [2.24, 2.45) is 7.05 Å². The summed E-state index contributed by atoms with van der Waals surface area (Å²) in [5, 5.41) is 11.6. The summed E-state index contributed by atoms with van der Waals surface area (Å²) < 4.78 is 1.61. The topological polar surface area (TPSA) is 71.8 Å². The fraction of sp³-hybridized carbons (Fsp3) is 0.438. The Bertz CT molecular complexity index is 743. The minimum Gasteiger partial charge on any atom is -0.317 e. The first-order valence-corrected chi connectivity index (χ1v) is 8.64. The van der Waals surface area contributed by atoms with Gasteiger partial charge in [0, 0.05) is 23.0 Å². The number of piperidine rings is 1. The van der Waals surface area contributed by atoms with E-state index in [0.29, 0.717) is 21.9 Å². The Morgan fingerprint density at radius 3 is 2.76 bits per heavy atom. The molecule has 6 nitrogen and oxygen atoms in total. The summed E-state index contributed by atoms with van der Waals surface area (Å²) in [6.07, 6.45) is 2.18. The normalized spacial score (nSPS) is 14.8. The van der Waals surface area contributed by atoms with Crippen molar-refractivity contribution in [1.29, 1.82) is 0 Å². The molecule has 0 spiro atoms. The van der Waals surface area contributed by atoms with Gasteiger partial charge in [-0.2, -0.15) is 10.1 Å². The molecule has 0 atom stereocenters. The van der Waals surface area contributed by atoms with Crippen LogP contribution >= 0.6 is 35.6 Å². The number of hydrogen-bond donors (Lipinski definition) is 2. The first kappa shape index (κ1) is 20.0. The second kappa shape index (κ2) is 8.85. The Kier molecular flexibility index (Phi) is 7.07. The SMILES string of the molecule is Cl.Cn1nc(C2CCNCC2)nc1NC(=O)Cc1ccc(Cl)cc1Cl. The van der Waals surface area contributed by atoms with Crippen molar-refractivity contribution >= 4 is 47.5 Å². The Morgan fingerprint density at radius 1 is 1.36 bits per heavy atom. The monoisotopic (exact) mass is 403 g/mol. The second-order valence-electron chi connectivity index (χ2n) is 5.90. The maximum Gasteiger partial charge on any atom is 0.231 e. The maximum absolute atomic E-state index is 12.3. The van der Waals surface area contributed by atoms with Crippen molar-refractivity contribution in [3.05, 3.63) is 39.6 Å². The number of amides is 1. The molecule has 2 heterocycles. The van der Waals surface area contributed by atoms with Crippen LogP contribution in [0.2, 0.25) is 10.0 Å². The number of hydrogen-bond acceptors (Lipinski definition) is 4. The van der Waals surface area contributed by atoms with E-state index in [1.807, 2.05) is 0 Å². The highest BCUT2D eigenvalue weighted by molar-refractivity contribution is 6.35. The summed E-state index contributed by atoms with van der Waals surface area (Å²) in [4.78, 5) is 16.8. The molecule has 25 heavy (non-hydrogen) atoms. The molecule has 136 valence electrons. The van der Waals surface area contributed by atoms with E-state index in [9.17, 15) is 4.79 Å². The summed E-state index contributed by atoms with van der Waals surface area (Å²) in [7, 11) is 1.78. The Balaban J connectivity index is 0.00000225. The third-order valence-corrected chi connectivity index (χ3v) is 4.69. The van der Waals surface area contributed by atoms with E-state index >= 15 is 0 Å². The molecular formula is C16H20Cl3N5O. The van der Waals surface area contributed by atoms with Crippen LogP contribution in [0.3, 0.4) is 0 Å². The zero-order valence-corrected chi connectivity index (χ0v) is 16.1. The zero-order valence-electron chi connectivity index (χ0n) is 13.8. The van der Waals surface area contributed by atoms with Crippen LogP contribution in [0.15, 0.2) is 18.2 Å². The number of aromatic nitrogens is 3. The van der Waals surface area contributed by atoms with Gasteiger partial charge in [0.1, 0.15) is 0 Å². The van der Waals surface area contributed by atoms with Crippen molar-refractivity contribution in [3.63, 3.8) is 0 Å². The molecule has 0 unspecified atom stereocenters. The molecule has 0 radical (unpaired) electrons. The molecule has 1 amide bonds. The molecule has 0 saturated carbocycles. The van der Waals surface area contributed by atoms with Gasteiger partial charge in [-0.3, -0.25) is 10.1 Å². The van der Waals surface area contributed by atoms with E-state index in [0.717, 1.165) is 37.3 Å². The molecular weight excluding hydrogens is 385 g/mol. The average Bonchev–Trinajstić information content (AvgIpc) is 2.92. The lowest BCUT2D eigenvalue weighted by atomic mass is 9.98. The lowest BCUT2D eigenvalue weighted by Gasteiger charge is -2.19. The van der Waals surface area contributed by atoms with Gasteiger partial charge in [-0.1, -0.05) is 29.3 Å². The summed E-state index contributed by atoms with van der Waals surface area (Å²) in [5.74, 6) is 1.40. The van der Waals surface area contributed by atoms with Gasteiger partial charge in [0.25, 0.3) is 0 Å². The van der Waals surface area contributed by atoms with Crippen LogP contribution in [-0.2, 0) is 18.3 Å². The van der Waals surface area contributed by atoms with Crippen LogP contribution in [0.4, 0.5) is 5.95 Å². The number of halogens is 3. The van der Waals surface area contributed by atoms with Gasteiger partial charge >= 0.3 is 0 Å². The fourth-order valence-corrected chi connectivity index (χ4v) is 3.25. The van der Waals surface area contributed by atoms with E-state index < -0.39 is 0 Å². The van der Waals surface area contributed by atoms with E-state index in [1.54, 1.807) is 29.9 Å². The highest BCUT2D eigenvalue weighted by Crippen LogP contribution is 2.24. The first-order valence-electron chi connectivity index (χ1n) is 7.88. The van der Waals surface area contributed by atoms with Crippen molar-refractivity contribution in [3.8, 4) is 0 Å². The lowest BCUT2D eigenvalue weighted by Crippen LogP contribution is -2.27. The summed E-state index contributed by atoms with van der Waals surface area (Å²) >= 11 is 12.0. The van der Waals surface area contributed by atoms with Crippen molar-refractivity contribution in [2.75, 3.05) is 18.4 Å². The van der Waals surface area contributed by atoms with Crippen LogP contribution < -0.4 is 10.6 Å². The van der Waals surface area contributed by atoms with Crippen LogP contribution in [0.25, 0.3) is 0 Å². The molecule has 1 fully saturated rings. The van der Waals surface area contributed by atoms with Gasteiger partial charge in [0.05, 0.1) is 6.42 Å². The Morgan fingerprint density at radius 2 is 2.08 bits per heavy atom. The Labute approximate surface area is 162 Å². The largest absolute Gasteiger partial charge is 0.317 e. The molecule has 0 aliphatic carbocycles. The van der Waals surface area contributed by atoms with Gasteiger partial charge in [0.15, 0.2) is 5.82 Å². The van der Waals surface area contributed by atoms with Gasteiger partial charge in [-0.05, 0) is 43.6 Å². The standard InChI is InChI=1S/C16H19Cl2N5O.ClH/c1-23-16(21-15(22-23)10-4-6-19-7-5-10)20-14(24)8-11-2-3-12(17)9-13(11)18;/h2-3,9-10,19H,4-8H2,1H3,(H,20,21,22,24);1H. The van der Waals surface area contributed by atoms with Crippen LogP contribution in [-0.4, -0.2) is 33.8 Å². The van der Waals surface area contributed by atoms with E-state index in [2.05, 4.69) is 20.7 Å². The third kappa shape index (κ3) is 5.07. The van der Waals surface area contributed by atoms with E-state index in [4.69, 9.17) is 23.2 Å². The first-order chi connectivity index (χ1) is 11.5. The maximum atomic E-state index is 12.3. The van der Waals surface area contributed by atoms with Gasteiger partial charge < -0.3 is 5.32 Å². The van der Waals surface area contributed by atoms with Crippen molar-refractivity contribution in [1.82, 2.24) is 20.1 Å². The molecule has 1 aromatic carbocycles. The zero-order chi connectivity index (χ0) is 17.1. The highest BCUT2D eigenvalue weighted by Gasteiger charge is 2.21.